The molecule has 3 aromatic rings. The first-order valence-electron chi connectivity index (χ1n) is 8.79. The van der Waals surface area contributed by atoms with Crippen LogP contribution in [-0.2, 0) is 11.9 Å². The maximum absolute atomic E-state index is 12.5. The molecule has 1 aliphatic heterocycles. The second kappa shape index (κ2) is 7.87. The van der Waals surface area contributed by atoms with Crippen LogP contribution in [0.25, 0.3) is 5.69 Å². The lowest BCUT2D eigenvalue weighted by molar-refractivity contribution is 0.115. The van der Waals surface area contributed by atoms with E-state index in [2.05, 4.69) is 10.5 Å². The van der Waals surface area contributed by atoms with Gasteiger partial charge in [-0.3, -0.25) is 4.98 Å². The number of nitrogens with zero attached hydrogens (tertiary/aromatic N) is 2. The Hall–Kier alpha value is -4.47. The van der Waals surface area contributed by atoms with Gasteiger partial charge in [-0.25, -0.2) is 23.5 Å². The van der Waals surface area contributed by atoms with Gasteiger partial charge in [0.15, 0.2) is 11.5 Å². The van der Waals surface area contributed by atoms with Crippen molar-refractivity contribution in [3.05, 3.63) is 104 Å². The van der Waals surface area contributed by atoms with Gasteiger partial charge in [0.2, 0.25) is 5.88 Å². The monoisotopic (exact) mass is 408 g/mol. The molecule has 1 aromatic heterocycles. The Morgan fingerprint density at radius 2 is 1.73 bits per heavy atom. The maximum atomic E-state index is 12.5. The standard InChI is InChI=1S/C20H16N4O6/c1-23-18(25)21-19(26)24(20(23)27)13-9-10-15(29-14-6-3-2-4-7-14)16(12-13)30-17-8-5-11-28-22-17/h2-12,22H,1H3,(H,21,25,26). The lowest BCUT2D eigenvalue weighted by atomic mass is 10.2. The topological polar surface area (TPSA) is 117 Å². The Morgan fingerprint density at radius 3 is 2.47 bits per heavy atom. The van der Waals surface area contributed by atoms with E-state index in [-0.39, 0.29) is 17.3 Å². The molecule has 0 saturated carbocycles. The van der Waals surface area contributed by atoms with Gasteiger partial charge in [0.1, 0.15) is 12.0 Å². The number of benzene rings is 2. The number of ether oxygens (including phenoxy) is 2. The lowest BCUT2D eigenvalue weighted by Gasteiger charge is -2.17. The predicted molar refractivity (Wildman–Crippen MR) is 106 cm³/mol. The minimum atomic E-state index is -0.868. The summed E-state index contributed by atoms with van der Waals surface area (Å²) in [6.07, 6.45) is 4.66. The summed E-state index contributed by atoms with van der Waals surface area (Å²) in [6, 6.07) is 13.5. The zero-order chi connectivity index (χ0) is 21.1. The van der Waals surface area contributed by atoms with Crippen molar-refractivity contribution in [3.63, 3.8) is 0 Å². The molecule has 2 N–H and O–H groups in total. The Balaban J connectivity index is 1.82. The number of allylic oxidation sites excluding steroid dienone is 2. The van der Waals surface area contributed by atoms with Crippen molar-refractivity contribution < 1.29 is 14.3 Å². The van der Waals surface area contributed by atoms with Crippen molar-refractivity contribution in [1.82, 2.24) is 19.6 Å². The molecule has 152 valence electrons. The quantitative estimate of drug-likeness (QED) is 0.653. The van der Waals surface area contributed by atoms with E-state index in [1.807, 2.05) is 18.2 Å². The number of rotatable bonds is 5. The van der Waals surface area contributed by atoms with E-state index in [4.69, 9.17) is 14.3 Å². The average Bonchev–Trinajstić information content (AvgIpc) is 2.75. The number of hydroxylamine groups is 1. The van der Waals surface area contributed by atoms with Crippen molar-refractivity contribution >= 4 is 0 Å². The van der Waals surface area contributed by atoms with Gasteiger partial charge in [-0.1, -0.05) is 18.2 Å². The highest BCUT2D eigenvalue weighted by Gasteiger charge is 2.15. The van der Waals surface area contributed by atoms with E-state index >= 15 is 0 Å². The van der Waals surface area contributed by atoms with Crippen LogP contribution in [0.3, 0.4) is 0 Å². The summed E-state index contributed by atoms with van der Waals surface area (Å²) < 4.78 is 13.3. The Labute approximate surface area is 168 Å². The zero-order valence-electron chi connectivity index (χ0n) is 15.7. The summed E-state index contributed by atoms with van der Waals surface area (Å²) in [5.41, 5.74) is 0.282. The molecule has 0 amide bonds. The first-order valence-corrected chi connectivity index (χ1v) is 8.79. The second-order valence-electron chi connectivity index (χ2n) is 6.14. The molecule has 1 aliphatic rings. The van der Waals surface area contributed by atoms with Crippen LogP contribution in [0.2, 0.25) is 0 Å². The van der Waals surface area contributed by atoms with E-state index in [0.29, 0.717) is 11.5 Å². The fourth-order valence-electron chi connectivity index (χ4n) is 2.66. The number of nitrogens with one attached hydrogen (secondary N) is 2. The lowest BCUT2D eigenvalue weighted by Crippen LogP contribution is -2.47. The summed E-state index contributed by atoms with van der Waals surface area (Å²) in [5, 5.41) is 0. The van der Waals surface area contributed by atoms with Crippen LogP contribution in [0.15, 0.2) is 87.2 Å². The SMILES string of the molecule is Cn1c(=O)[nH]c(=O)n(-c2ccc(Oc3ccccc3)c(OC3=CC=CON3)c2)c1=O. The molecule has 0 unspecified atom stereocenters. The molecule has 4 rings (SSSR count). The summed E-state index contributed by atoms with van der Waals surface area (Å²) >= 11 is 0. The van der Waals surface area contributed by atoms with Crippen LogP contribution in [0.4, 0.5) is 0 Å². The summed E-state index contributed by atoms with van der Waals surface area (Å²) in [6.45, 7) is 0. The van der Waals surface area contributed by atoms with Crippen LogP contribution in [0.5, 0.6) is 17.2 Å². The minimum Gasteiger partial charge on any atom is -0.453 e. The van der Waals surface area contributed by atoms with Crippen molar-refractivity contribution in [2.45, 2.75) is 0 Å². The third-order valence-electron chi connectivity index (χ3n) is 4.13. The molecule has 10 heteroatoms. The molecule has 0 radical (unpaired) electrons. The van der Waals surface area contributed by atoms with Crippen LogP contribution in [0.1, 0.15) is 0 Å². The number of H-pyrrole nitrogens is 1. The van der Waals surface area contributed by atoms with Gasteiger partial charge in [0.25, 0.3) is 0 Å². The molecule has 2 aromatic carbocycles. The Morgan fingerprint density at radius 1 is 0.933 bits per heavy atom. The molecule has 0 fully saturated rings. The minimum absolute atomic E-state index is 0.181. The highest BCUT2D eigenvalue weighted by molar-refractivity contribution is 5.51. The number of aromatic amines is 1. The summed E-state index contributed by atoms with van der Waals surface area (Å²) in [5.74, 6) is 1.36. The smallest absolute Gasteiger partial charge is 0.340 e. The van der Waals surface area contributed by atoms with E-state index in [0.717, 1.165) is 9.13 Å². The summed E-state index contributed by atoms with van der Waals surface area (Å²) in [7, 11) is 1.27. The molecule has 10 nitrogen and oxygen atoms in total. The van der Waals surface area contributed by atoms with E-state index in [1.54, 1.807) is 30.4 Å². The number of para-hydroxylation sites is 1. The molecule has 30 heavy (non-hydrogen) atoms. The van der Waals surface area contributed by atoms with Crippen molar-refractivity contribution in [2.75, 3.05) is 0 Å². The van der Waals surface area contributed by atoms with Gasteiger partial charge in [0.05, 0.1) is 5.69 Å². The number of hydrogen-bond donors (Lipinski definition) is 2. The van der Waals surface area contributed by atoms with Crippen LogP contribution < -0.4 is 32.0 Å². The molecule has 0 atom stereocenters. The van der Waals surface area contributed by atoms with Gasteiger partial charge in [-0.15, -0.1) is 0 Å². The molecular weight excluding hydrogens is 392 g/mol. The maximum Gasteiger partial charge on any atom is 0.340 e. The van der Waals surface area contributed by atoms with Gasteiger partial charge >= 0.3 is 17.1 Å². The predicted octanol–water partition coefficient (Wildman–Crippen LogP) is 1.29. The van der Waals surface area contributed by atoms with Gasteiger partial charge in [-0.05, 0) is 30.3 Å². The molecule has 0 bridgehead atoms. The van der Waals surface area contributed by atoms with Crippen LogP contribution in [-0.4, -0.2) is 14.1 Å². The normalized spacial score (nSPS) is 12.5. The third-order valence-corrected chi connectivity index (χ3v) is 4.13. The molecule has 2 heterocycles. The Kier molecular flexibility index (Phi) is 4.95. The fourth-order valence-corrected chi connectivity index (χ4v) is 2.66. The van der Waals surface area contributed by atoms with Crippen molar-refractivity contribution in [2.24, 2.45) is 7.05 Å². The first-order chi connectivity index (χ1) is 14.5. The highest BCUT2D eigenvalue weighted by atomic mass is 16.7. The fraction of sp³-hybridized carbons (Fsp3) is 0.0500. The first kappa shape index (κ1) is 18.9. The van der Waals surface area contributed by atoms with Gasteiger partial charge in [-0.2, -0.15) is 5.48 Å². The summed E-state index contributed by atoms with van der Waals surface area (Å²) in [4.78, 5) is 43.4. The molecule has 0 aliphatic carbocycles. The van der Waals surface area contributed by atoms with Crippen molar-refractivity contribution in [1.29, 1.82) is 0 Å². The molecule has 0 saturated heterocycles. The zero-order valence-corrected chi connectivity index (χ0v) is 15.7. The van der Waals surface area contributed by atoms with Gasteiger partial charge < -0.3 is 14.3 Å². The van der Waals surface area contributed by atoms with Crippen molar-refractivity contribution in [3.8, 4) is 22.9 Å². The highest BCUT2D eigenvalue weighted by Crippen LogP contribution is 2.34. The number of hydrogen-bond acceptors (Lipinski definition) is 7. The number of aromatic nitrogens is 3. The van der Waals surface area contributed by atoms with Crippen LogP contribution in [0, 0.1) is 0 Å². The molecular formula is C20H16N4O6. The molecule has 0 spiro atoms. The van der Waals surface area contributed by atoms with E-state index in [9.17, 15) is 14.4 Å². The second-order valence-corrected chi connectivity index (χ2v) is 6.14. The average molecular weight is 408 g/mol. The van der Waals surface area contributed by atoms with E-state index < -0.39 is 17.1 Å². The Bertz CT molecular complexity index is 1320. The van der Waals surface area contributed by atoms with E-state index in [1.165, 1.54) is 25.4 Å². The third kappa shape index (κ3) is 3.74. The van der Waals surface area contributed by atoms with Gasteiger partial charge in [0, 0.05) is 19.2 Å². The van der Waals surface area contributed by atoms with Crippen LogP contribution >= 0.6 is 0 Å². The largest absolute Gasteiger partial charge is 0.453 e.